The van der Waals surface area contributed by atoms with E-state index in [-0.39, 0.29) is 11.9 Å². The first-order valence-corrected chi connectivity index (χ1v) is 9.87. The van der Waals surface area contributed by atoms with Crippen LogP contribution in [0.3, 0.4) is 0 Å². The molecule has 1 aliphatic rings. The van der Waals surface area contributed by atoms with Crippen molar-refractivity contribution in [2.75, 3.05) is 12.4 Å². The molecule has 134 valence electrons. The van der Waals surface area contributed by atoms with Crippen LogP contribution in [0.25, 0.3) is 11.0 Å². The summed E-state index contributed by atoms with van der Waals surface area (Å²) in [5.74, 6) is 1.17. The summed E-state index contributed by atoms with van der Waals surface area (Å²) in [6, 6.07) is 16.0. The van der Waals surface area contributed by atoms with Crippen molar-refractivity contribution in [2.45, 2.75) is 30.9 Å². The first-order valence-electron chi connectivity index (χ1n) is 8.88. The molecule has 1 atom stereocenters. The van der Waals surface area contributed by atoms with Crippen LogP contribution in [0, 0.1) is 0 Å². The lowest BCUT2D eigenvalue weighted by Gasteiger charge is -2.25. The van der Waals surface area contributed by atoms with E-state index < -0.39 is 0 Å². The van der Waals surface area contributed by atoms with Gasteiger partial charge in [-0.3, -0.25) is 4.79 Å². The SMILES string of the molecule is CCOCc1c(C(=O)N[C@H]2CCSc3ccccc32)oc2ccccc12. The molecule has 0 radical (unpaired) electrons. The zero-order valence-electron chi connectivity index (χ0n) is 14.7. The van der Waals surface area contributed by atoms with Crippen LogP contribution in [0.4, 0.5) is 0 Å². The maximum absolute atomic E-state index is 13.0. The largest absolute Gasteiger partial charge is 0.451 e. The Bertz CT molecular complexity index is 934. The van der Waals surface area contributed by atoms with Crippen LogP contribution in [-0.2, 0) is 11.3 Å². The normalized spacial score (nSPS) is 16.4. The van der Waals surface area contributed by atoms with Crippen LogP contribution in [0.1, 0.15) is 41.1 Å². The Labute approximate surface area is 156 Å². The number of nitrogens with one attached hydrogen (secondary N) is 1. The van der Waals surface area contributed by atoms with Gasteiger partial charge in [0.15, 0.2) is 5.76 Å². The van der Waals surface area contributed by atoms with Crippen molar-refractivity contribution >= 4 is 28.6 Å². The smallest absolute Gasteiger partial charge is 0.287 e. The number of amides is 1. The Kier molecular flexibility index (Phi) is 5.00. The van der Waals surface area contributed by atoms with Gasteiger partial charge in [0.2, 0.25) is 0 Å². The number of furan rings is 1. The van der Waals surface area contributed by atoms with Gasteiger partial charge in [0.25, 0.3) is 5.91 Å². The van der Waals surface area contributed by atoms with Gasteiger partial charge in [-0.15, -0.1) is 11.8 Å². The van der Waals surface area contributed by atoms with Crippen LogP contribution < -0.4 is 5.32 Å². The van der Waals surface area contributed by atoms with E-state index in [0.29, 0.717) is 24.6 Å². The number of hydrogen-bond donors (Lipinski definition) is 1. The minimum absolute atomic E-state index is 0.00751. The predicted molar refractivity (Wildman–Crippen MR) is 104 cm³/mol. The standard InChI is InChI=1S/C21H21NO3S/c1-2-24-13-16-14-7-3-5-9-18(14)25-20(16)21(23)22-17-11-12-26-19-10-6-4-8-15(17)19/h3-10,17H,2,11-13H2,1H3,(H,22,23)/t17-/m0/s1. The number of benzene rings is 2. The first-order chi connectivity index (χ1) is 12.8. The molecular weight excluding hydrogens is 346 g/mol. The fourth-order valence-corrected chi connectivity index (χ4v) is 4.47. The summed E-state index contributed by atoms with van der Waals surface area (Å²) in [6.45, 7) is 2.90. The lowest BCUT2D eigenvalue weighted by molar-refractivity contribution is 0.0896. The van der Waals surface area contributed by atoms with Gasteiger partial charge in [-0.1, -0.05) is 36.4 Å². The Morgan fingerprint density at radius 3 is 2.92 bits per heavy atom. The Morgan fingerprint density at radius 1 is 1.23 bits per heavy atom. The molecule has 4 rings (SSSR count). The van der Waals surface area contributed by atoms with Crippen molar-refractivity contribution in [3.05, 3.63) is 65.4 Å². The molecule has 0 saturated carbocycles. The summed E-state index contributed by atoms with van der Waals surface area (Å²) >= 11 is 1.84. The number of carbonyl (C=O) groups excluding carboxylic acids is 1. The van der Waals surface area contributed by atoms with Crippen molar-refractivity contribution in [3.63, 3.8) is 0 Å². The zero-order valence-corrected chi connectivity index (χ0v) is 15.5. The molecule has 2 heterocycles. The molecule has 0 bridgehead atoms. The number of fused-ring (bicyclic) bond motifs is 2. The molecular formula is C21H21NO3S. The van der Waals surface area contributed by atoms with Crippen LogP contribution in [-0.4, -0.2) is 18.3 Å². The Balaban J connectivity index is 1.65. The highest BCUT2D eigenvalue weighted by molar-refractivity contribution is 7.99. The van der Waals surface area contributed by atoms with Crippen LogP contribution in [0.5, 0.6) is 0 Å². The quantitative estimate of drug-likeness (QED) is 0.694. The number of rotatable bonds is 5. The zero-order chi connectivity index (χ0) is 17.9. The van der Waals surface area contributed by atoms with Gasteiger partial charge in [-0.2, -0.15) is 0 Å². The molecule has 26 heavy (non-hydrogen) atoms. The molecule has 0 unspecified atom stereocenters. The van der Waals surface area contributed by atoms with Gasteiger partial charge in [-0.25, -0.2) is 0 Å². The molecule has 1 N–H and O–H groups in total. The Morgan fingerprint density at radius 2 is 2.04 bits per heavy atom. The minimum atomic E-state index is -0.178. The van der Waals surface area contributed by atoms with Crippen molar-refractivity contribution in [1.82, 2.24) is 5.32 Å². The molecule has 5 heteroatoms. The Hall–Kier alpha value is -2.24. The molecule has 2 aromatic carbocycles. The molecule has 1 aromatic heterocycles. The summed E-state index contributed by atoms with van der Waals surface area (Å²) in [6.07, 6.45) is 0.911. The van der Waals surface area contributed by atoms with E-state index in [1.807, 2.05) is 55.1 Å². The highest BCUT2D eigenvalue weighted by Gasteiger charge is 2.26. The average molecular weight is 367 g/mol. The van der Waals surface area contributed by atoms with Crippen molar-refractivity contribution in [2.24, 2.45) is 0 Å². The van der Waals surface area contributed by atoms with Crippen LogP contribution in [0.2, 0.25) is 0 Å². The summed E-state index contributed by atoms with van der Waals surface area (Å²) in [7, 11) is 0. The second kappa shape index (κ2) is 7.56. The van der Waals surface area contributed by atoms with E-state index in [1.165, 1.54) is 10.5 Å². The lowest BCUT2D eigenvalue weighted by atomic mass is 10.0. The molecule has 0 fully saturated rings. The summed E-state index contributed by atoms with van der Waals surface area (Å²) in [5.41, 5.74) is 2.71. The molecule has 0 aliphatic carbocycles. The number of para-hydroxylation sites is 1. The van der Waals surface area contributed by atoms with Crippen LogP contribution >= 0.6 is 11.8 Å². The lowest BCUT2D eigenvalue weighted by Crippen LogP contribution is -2.31. The summed E-state index contributed by atoms with van der Waals surface area (Å²) in [5, 5.41) is 4.10. The molecule has 4 nitrogen and oxygen atoms in total. The van der Waals surface area contributed by atoms with Crippen LogP contribution in [0.15, 0.2) is 57.8 Å². The van der Waals surface area contributed by atoms with E-state index in [4.69, 9.17) is 9.15 Å². The summed E-state index contributed by atoms with van der Waals surface area (Å²) in [4.78, 5) is 14.2. The first kappa shape index (κ1) is 17.2. The second-order valence-electron chi connectivity index (χ2n) is 6.24. The van der Waals surface area contributed by atoms with E-state index in [9.17, 15) is 4.79 Å². The number of thioether (sulfide) groups is 1. The van der Waals surface area contributed by atoms with Gasteiger partial charge in [0, 0.05) is 28.2 Å². The third-order valence-electron chi connectivity index (χ3n) is 4.62. The van der Waals surface area contributed by atoms with Crippen molar-refractivity contribution in [1.29, 1.82) is 0 Å². The highest BCUT2D eigenvalue weighted by atomic mass is 32.2. The van der Waals surface area contributed by atoms with E-state index in [2.05, 4.69) is 17.4 Å². The van der Waals surface area contributed by atoms with Crippen molar-refractivity contribution in [3.8, 4) is 0 Å². The van der Waals surface area contributed by atoms with E-state index in [1.54, 1.807) is 0 Å². The molecule has 1 aliphatic heterocycles. The van der Waals surface area contributed by atoms with Gasteiger partial charge in [0.05, 0.1) is 12.6 Å². The molecule has 0 spiro atoms. The topological polar surface area (TPSA) is 51.5 Å². The third kappa shape index (κ3) is 3.24. The fourth-order valence-electron chi connectivity index (χ4n) is 3.35. The molecule has 1 amide bonds. The van der Waals surface area contributed by atoms with Crippen molar-refractivity contribution < 1.29 is 13.9 Å². The second-order valence-corrected chi connectivity index (χ2v) is 7.38. The number of hydrogen-bond acceptors (Lipinski definition) is 4. The predicted octanol–water partition coefficient (Wildman–Crippen LogP) is 4.94. The van der Waals surface area contributed by atoms with Gasteiger partial charge >= 0.3 is 0 Å². The maximum Gasteiger partial charge on any atom is 0.287 e. The number of carbonyl (C=O) groups is 1. The highest BCUT2D eigenvalue weighted by Crippen LogP contribution is 2.36. The maximum atomic E-state index is 13.0. The summed E-state index contributed by atoms with van der Waals surface area (Å²) < 4.78 is 11.5. The monoisotopic (exact) mass is 367 g/mol. The van der Waals surface area contributed by atoms with Gasteiger partial charge in [0.1, 0.15) is 5.58 Å². The van der Waals surface area contributed by atoms with Gasteiger partial charge in [-0.05, 0) is 31.0 Å². The van der Waals surface area contributed by atoms with E-state index in [0.717, 1.165) is 23.1 Å². The third-order valence-corrected chi connectivity index (χ3v) is 5.74. The molecule has 0 saturated heterocycles. The minimum Gasteiger partial charge on any atom is -0.451 e. The van der Waals surface area contributed by atoms with E-state index >= 15 is 0 Å². The average Bonchev–Trinajstić information content (AvgIpc) is 3.05. The number of ether oxygens (including phenoxy) is 1. The molecule has 3 aromatic rings. The fraction of sp³-hybridized carbons (Fsp3) is 0.286. The van der Waals surface area contributed by atoms with Gasteiger partial charge < -0.3 is 14.5 Å².